The molecule has 0 bridgehead atoms. The van der Waals surface area contributed by atoms with Gasteiger partial charge in [0.05, 0.1) is 22.1 Å². The lowest BCUT2D eigenvalue weighted by Crippen LogP contribution is -2.29. The Labute approximate surface area is 112 Å². The molecule has 0 aromatic heterocycles. The lowest BCUT2D eigenvalue weighted by Gasteiger charge is -2.06. The van der Waals surface area contributed by atoms with Crippen LogP contribution in [-0.2, 0) is 4.74 Å². The van der Waals surface area contributed by atoms with Gasteiger partial charge in [-0.3, -0.25) is 14.9 Å². The zero-order valence-corrected chi connectivity index (χ0v) is 10.3. The van der Waals surface area contributed by atoms with Gasteiger partial charge in [-0.25, -0.2) is 4.79 Å². The molecule has 0 aliphatic carbocycles. The van der Waals surface area contributed by atoms with Gasteiger partial charge in [-0.2, -0.15) is 0 Å². The number of nitrogens with zero attached hydrogens (tertiary/aromatic N) is 1. The van der Waals surface area contributed by atoms with Crippen LogP contribution in [0.5, 0.6) is 0 Å². The number of ether oxygens (including phenoxy) is 1. The normalized spacial score (nSPS) is 9.74. The number of nitro benzene ring substituents is 1. The van der Waals surface area contributed by atoms with Gasteiger partial charge in [-0.1, -0.05) is 11.6 Å². The van der Waals surface area contributed by atoms with Gasteiger partial charge in [0, 0.05) is 12.1 Å². The van der Waals surface area contributed by atoms with Crippen molar-refractivity contribution in [3.63, 3.8) is 0 Å². The molecule has 0 saturated carbocycles. The summed E-state index contributed by atoms with van der Waals surface area (Å²) in [6.45, 7) is -0.0270. The van der Waals surface area contributed by atoms with Gasteiger partial charge in [0.1, 0.15) is 6.61 Å². The lowest BCUT2D eigenvalue weighted by atomic mass is 10.2. The number of nitro groups is 1. The molecule has 0 fully saturated rings. The molecule has 8 nitrogen and oxygen atoms in total. The van der Waals surface area contributed by atoms with Crippen LogP contribution in [-0.4, -0.2) is 30.1 Å². The highest BCUT2D eigenvalue weighted by Gasteiger charge is 2.14. The van der Waals surface area contributed by atoms with Crippen molar-refractivity contribution in [3.05, 3.63) is 38.9 Å². The number of hydrogen-bond donors (Lipinski definition) is 2. The molecule has 102 valence electrons. The van der Waals surface area contributed by atoms with E-state index in [2.05, 4.69) is 10.1 Å². The minimum atomic E-state index is -0.942. The first-order chi connectivity index (χ1) is 8.91. The quantitative estimate of drug-likeness (QED) is 0.476. The van der Waals surface area contributed by atoms with E-state index < -0.39 is 16.9 Å². The van der Waals surface area contributed by atoms with E-state index in [4.69, 9.17) is 17.3 Å². The number of primary amides is 1. The second-order valence-corrected chi connectivity index (χ2v) is 3.75. The van der Waals surface area contributed by atoms with E-state index in [0.717, 1.165) is 6.07 Å². The summed E-state index contributed by atoms with van der Waals surface area (Å²) < 4.78 is 4.41. The Hall–Kier alpha value is -2.35. The molecule has 0 atom stereocenters. The molecule has 1 rings (SSSR count). The smallest absolute Gasteiger partial charge is 0.404 e. The molecular formula is C10H10ClN3O5. The number of non-ortho nitro benzene ring substituents is 1. The molecule has 0 aliphatic heterocycles. The van der Waals surface area contributed by atoms with Gasteiger partial charge >= 0.3 is 6.09 Å². The highest BCUT2D eigenvalue weighted by atomic mass is 35.5. The van der Waals surface area contributed by atoms with Crippen LogP contribution in [0.3, 0.4) is 0 Å². The molecular weight excluding hydrogens is 278 g/mol. The van der Waals surface area contributed by atoms with Crippen molar-refractivity contribution in [2.24, 2.45) is 5.73 Å². The number of nitrogens with two attached hydrogens (primary N) is 1. The van der Waals surface area contributed by atoms with Crippen LogP contribution in [0, 0.1) is 10.1 Å². The Kier molecular flexibility index (Phi) is 5.07. The van der Waals surface area contributed by atoms with Crippen molar-refractivity contribution < 1.29 is 19.2 Å². The van der Waals surface area contributed by atoms with Crippen LogP contribution in [0.4, 0.5) is 10.5 Å². The van der Waals surface area contributed by atoms with Crippen LogP contribution in [0.1, 0.15) is 10.4 Å². The van der Waals surface area contributed by atoms with E-state index in [1.165, 1.54) is 12.1 Å². The van der Waals surface area contributed by atoms with Gasteiger partial charge < -0.3 is 15.8 Å². The monoisotopic (exact) mass is 287 g/mol. The predicted molar refractivity (Wildman–Crippen MR) is 66.0 cm³/mol. The van der Waals surface area contributed by atoms with Crippen molar-refractivity contribution in [2.75, 3.05) is 13.2 Å². The fraction of sp³-hybridized carbons (Fsp3) is 0.200. The Bertz CT molecular complexity index is 520. The number of hydrogen-bond acceptors (Lipinski definition) is 5. The summed E-state index contributed by atoms with van der Waals surface area (Å²) in [5, 5.41) is 12.9. The molecule has 0 heterocycles. The second kappa shape index (κ2) is 6.55. The maximum Gasteiger partial charge on any atom is 0.404 e. The van der Waals surface area contributed by atoms with Crippen molar-refractivity contribution in [1.29, 1.82) is 0 Å². The zero-order valence-electron chi connectivity index (χ0n) is 9.59. The van der Waals surface area contributed by atoms with Crippen LogP contribution >= 0.6 is 11.6 Å². The van der Waals surface area contributed by atoms with Crippen LogP contribution < -0.4 is 11.1 Å². The molecule has 0 radical (unpaired) electrons. The van der Waals surface area contributed by atoms with Gasteiger partial charge in [-0.15, -0.1) is 0 Å². The number of rotatable bonds is 5. The van der Waals surface area contributed by atoms with Crippen molar-refractivity contribution in [2.45, 2.75) is 0 Å². The highest BCUT2D eigenvalue weighted by Crippen LogP contribution is 2.22. The number of benzene rings is 1. The van der Waals surface area contributed by atoms with Gasteiger partial charge in [-0.05, 0) is 6.07 Å². The van der Waals surface area contributed by atoms with E-state index in [1.54, 1.807) is 0 Å². The molecule has 2 amide bonds. The fourth-order valence-corrected chi connectivity index (χ4v) is 1.47. The molecule has 0 saturated heterocycles. The molecule has 0 spiro atoms. The molecule has 9 heteroatoms. The van der Waals surface area contributed by atoms with E-state index in [1.807, 2.05) is 0 Å². The summed E-state index contributed by atoms with van der Waals surface area (Å²) >= 11 is 5.76. The SMILES string of the molecule is NC(=O)OCCNC(=O)c1ccc([N+](=O)[O-])cc1Cl. The highest BCUT2D eigenvalue weighted by molar-refractivity contribution is 6.34. The van der Waals surface area contributed by atoms with E-state index in [-0.39, 0.29) is 29.4 Å². The van der Waals surface area contributed by atoms with E-state index >= 15 is 0 Å². The number of nitrogens with one attached hydrogen (secondary N) is 1. The average Bonchev–Trinajstić information content (AvgIpc) is 2.33. The Morgan fingerprint density at radius 2 is 2.16 bits per heavy atom. The number of halogens is 1. The first-order valence-electron chi connectivity index (χ1n) is 5.06. The maximum atomic E-state index is 11.7. The number of carbonyl (C=O) groups excluding carboxylic acids is 2. The molecule has 3 N–H and O–H groups in total. The number of carbonyl (C=O) groups is 2. The summed E-state index contributed by atoms with van der Waals surface area (Å²) in [7, 11) is 0. The summed E-state index contributed by atoms with van der Waals surface area (Å²) in [6, 6.07) is 3.49. The fourth-order valence-electron chi connectivity index (χ4n) is 1.21. The van der Waals surface area contributed by atoms with Crippen LogP contribution in [0.2, 0.25) is 5.02 Å². The van der Waals surface area contributed by atoms with Gasteiger partial charge in [0.15, 0.2) is 0 Å². The van der Waals surface area contributed by atoms with Gasteiger partial charge in [0.2, 0.25) is 0 Å². The maximum absolute atomic E-state index is 11.7. The molecule has 1 aromatic rings. The Morgan fingerprint density at radius 1 is 1.47 bits per heavy atom. The lowest BCUT2D eigenvalue weighted by molar-refractivity contribution is -0.384. The Balaban J connectivity index is 2.62. The summed E-state index contributed by atoms with van der Waals surface area (Å²) in [4.78, 5) is 31.8. The number of amides is 2. The minimum absolute atomic E-state index is 0.0393. The Morgan fingerprint density at radius 3 is 2.68 bits per heavy atom. The van der Waals surface area contributed by atoms with Crippen LogP contribution in [0.15, 0.2) is 18.2 Å². The molecule has 1 aromatic carbocycles. The topological polar surface area (TPSA) is 125 Å². The third-order valence-corrected chi connectivity index (χ3v) is 2.35. The minimum Gasteiger partial charge on any atom is -0.448 e. The van der Waals surface area contributed by atoms with Crippen molar-refractivity contribution in [3.8, 4) is 0 Å². The molecule has 19 heavy (non-hydrogen) atoms. The molecule has 0 unspecified atom stereocenters. The average molecular weight is 288 g/mol. The van der Waals surface area contributed by atoms with E-state index in [0.29, 0.717) is 0 Å². The third kappa shape index (κ3) is 4.43. The molecule has 0 aliphatic rings. The van der Waals surface area contributed by atoms with Crippen molar-refractivity contribution in [1.82, 2.24) is 5.32 Å². The zero-order chi connectivity index (χ0) is 14.4. The van der Waals surface area contributed by atoms with Crippen molar-refractivity contribution >= 4 is 29.3 Å². The standard InChI is InChI=1S/C10H10ClN3O5/c11-8-5-6(14(17)18)1-2-7(8)9(15)13-3-4-19-10(12)16/h1-2,5H,3-4H2,(H2,12,16)(H,13,15). The van der Waals surface area contributed by atoms with Gasteiger partial charge in [0.25, 0.3) is 11.6 Å². The summed E-state index contributed by atoms with van der Waals surface area (Å²) in [5.74, 6) is -0.534. The summed E-state index contributed by atoms with van der Waals surface area (Å²) in [6.07, 6.45) is -0.942. The van der Waals surface area contributed by atoms with Crippen LogP contribution in [0.25, 0.3) is 0 Å². The largest absolute Gasteiger partial charge is 0.448 e. The first kappa shape index (κ1) is 14.7. The third-order valence-electron chi connectivity index (χ3n) is 2.04. The summed E-state index contributed by atoms with van der Waals surface area (Å²) in [5.41, 5.74) is 4.61. The second-order valence-electron chi connectivity index (χ2n) is 3.34. The van der Waals surface area contributed by atoms with E-state index in [9.17, 15) is 19.7 Å². The first-order valence-corrected chi connectivity index (χ1v) is 5.44. The predicted octanol–water partition coefficient (Wildman–Crippen LogP) is 1.07.